The molecule has 0 aliphatic carbocycles. The van der Waals surface area contributed by atoms with Crippen LogP contribution in [-0.4, -0.2) is 485 Å². The van der Waals surface area contributed by atoms with Crippen LogP contribution in [0.5, 0.6) is 0 Å². The van der Waals surface area contributed by atoms with E-state index in [1.807, 2.05) is 0 Å². The van der Waals surface area contributed by atoms with Crippen LogP contribution in [0.25, 0.3) is 0 Å². The van der Waals surface area contributed by atoms with E-state index in [1.165, 1.54) is 0 Å². The molecule has 0 saturated carbocycles. The molecular formula is C58H98N2O46. The van der Waals surface area contributed by atoms with Crippen molar-refractivity contribution < 1.29 is 228 Å². The molecule has 9 aliphatic rings. The Morgan fingerprint density at radius 2 is 0.632 bits per heavy atom. The summed E-state index contributed by atoms with van der Waals surface area (Å²) in [4.78, 5) is 25.1. The number of aliphatic hydroxyl groups excluding tert-OH is 27. The first-order valence-corrected chi connectivity index (χ1v) is 33.7. The molecule has 9 saturated heterocycles. The van der Waals surface area contributed by atoms with E-state index in [-0.39, 0.29) is 0 Å². The van der Waals surface area contributed by atoms with Crippen molar-refractivity contribution in [2.45, 2.75) is 290 Å². The van der Waals surface area contributed by atoms with Crippen LogP contribution < -0.4 is 10.6 Å². The van der Waals surface area contributed by atoms with Crippen LogP contribution in [0.3, 0.4) is 0 Å². The van der Waals surface area contributed by atoms with Crippen molar-refractivity contribution >= 4 is 11.8 Å². The van der Waals surface area contributed by atoms with Gasteiger partial charge in [-0.05, 0) is 0 Å². The molecular weight excluding hydrogens is 1460 g/mol. The Morgan fingerprint density at radius 1 is 0.292 bits per heavy atom. The average molecular weight is 1560 g/mol. The maximum absolute atomic E-state index is 13.0. The molecule has 0 aromatic heterocycles. The van der Waals surface area contributed by atoms with Gasteiger partial charge in [0.25, 0.3) is 0 Å². The zero-order valence-electron chi connectivity index (χ0n) is 56.2. The molecule has 2 amide bonds. The summed E-state index contributed by atoms with van der Waals surface area (Å²) in [6.45, 7) is -7.99. The lowest BCUT2D eigenvalue weighted by Gasteiger charge is -2.51. The molecule has 0 aromatic rings. The monoisotopic (exact) mass is 1560 g/mol. The number of carbonyl (C=O) groups excluding carboxylic acids is 2. The number of ether oxygens (including phenoxy) is 17. The van der Waals surface area contributed by atoms with Crippen molar-refractivity contribution in [3.05, 3.63) is 0 Å². The lowest BCUT2D eigenvalue weighted by Crippen LogP contribution is -2.70. The zero-order valence-corrected chi connectivity index (χ0v) is 56.2. The SMILES string of the molecule is CC(=O)N[C@H]1[C@H](O[C@H]2[C@H](O)[C@@H](NC(C)=O)C(O)O[C@@H]2CO)O[C@H](CO)[C@@H](O[C@@H]2O[C@H](CO[C@H]3O[C@H](CO[C@H]4O[C@H](CO)[C@@H](O)[C@H](O)[C@@H]4O)[C@@H](O)[C@H](O[C@H]4O[C@H](CO)[C@@H](O)[C@H](O)[C@@H]4O)[C@@H]3O[C@@H]3O[C@@H]([C@H](O)CO)[C@H](O)[C@H]3O)[C@@H](O)[C@H](O[C@H]3O[C@H](CO)[C@@H](O)[C@H](O)[C@@H]3O[C@H]3O[C@H](CO)[C@@H](O)[C@H](O)[C@H]3O)[C@@H]2O)[C@@H]1O. The van der Waals surface area contributed by atoms with E-state index in [4.69, 9.17) is 80.5 Å². The second kappa shape index (κ2) is 37.9. The number of hydrogen-bond donors (Lipinski definition) is 29. The number of aliphatic hydroxyl groups is 27. The summed E-state index contributed by atoms with van der Waals surface area (Å²) >= 11 is 0. The summed E-state index contributed by atoms with van der Waals surface area (Å²) in [5.74, 6) is -1.74. The van der Waals surface area contributed by atoms with Crippen LogP contribution in [0.4, 0.5) is 0 Å². The molecule has 0 radical (unpaired) electrons. The van der Waals surface area contributed by atoms with Crippen molar-refractivity contribution in [2.24, 2.45) is 0 Å². The van der Waals surface area contributed by atoms with Crippen molar-refractivity contribution in [1.29, 1.82) is 0 Å². The average Bonchev–Trinajstić information content (AvgIpc) is 0.879. The first kappa shape index (κ1) is 87.2. The molecule has 48 nitrogen and oxygen atoms in total. The van der Waals surface area contributed by atoms with Gasteiger partial charge in [-0.3, -0.25) is 9.59 Å². The Morgan fingerprint density at radius 3 is 1.13 bits per heavy atom. The minimum absolute atomic E-state index is 0.791. The van der Waals surface area contributed by atoms with Gasteiger partial charge < -0.3 is 229 Å². The van der Waals surface area contributed by atoms with Crippen molar-refractivity contribution in [2.75, 3.05) is 59.5 Å². The molecule has 9 heterocycles. The van der Waals surface area contributed by atoms with Gasteiger partial charge >= 0.3 is 0 Å². The zero-order chi connectivity index (χ0) is 77.9. The maximum atomic E-state index is 13.0. The fraction of sp³-hybridized carbons (Fsp3) is 0.966. The van der Waals surface area contributed by atoms with Crippen molar-refractivity contribution in [3.63, 3.8) is 0 Å². The van der Waals surface area contributed by atoms with Crippen LogP contribution >= 0.6 is 0 Å². The van der Waals surface area contributed by atoms with Gasteiger partial charge in [-0.2, -0.15) is 0 Å². The Kier molecular flexibility index (Phi) is 31.1. The second-order valence-corrected chi connectivity index (χ2v) is 26.7. The third kappa shape index (κ3) is 18.7. The molecule has 29 N–H and O–H groups in total. The van der Waals surface area contributed by atoms with Crippen LogP contribution in [0.1, 0.15) is 13.8 Å². The maximum Gasteiger partial charge on any atom is 0.217 e. The van der Waals surface area contributed by atoms with Gasteiger partial charge in [0.15, 0.2) is 56.6 Å². The first-order valence-electron chi connectivity index (χ1n) is 33.7. The fourth-order valence-corrected chi connectivity index (χ4v) is 13.5. The molecule has 9 aliphatic heterocycles. The van der Waals surface area contributed by atoms with E-state index < -0.39 is 348 Å². The number of amides is 2. The van der Waals surface area contributed by atoms with Crippen LogP contribution in [0, 0.1) is 0 Å². The van der Waals surface area contributed by atoms with Crippen molar-refractivity contribution in [1.82, 2.24) is 10.6 Å². The second-order valence-electron chi connectivity index (χ2n) is 26.7. The van der Waals surface area contributed by atoms with Gasteiger partial charge in [0.2, 0.25) is 11.8 Å². The highest BCUT2D eigenvalue weighted by atomic mass is 16.8. The molecule has 0 bridgehead atoms. The number of hydrogen-bond acceptors (Lipinski definition) is 46. The predicted octanol–water partition coefficient (Wildman–Crippen LogP) is -20.3. The third-order valence-corrected chi connectivity index (χ3v) is 19.5. The highest BCUT2D eigenvalue weighted by Gasteiger charge is 2.61. The molecule has 106 heavy (non-hydrogen) atoms. The minimum atomic E-state index is -2.58. The van der Waals surface area contributed by atoms with E-state index in [0.29, 0.717) is 0 Å². The van der Waals surface area contributed by atoms with Gasteiger partial charge in [0.05, 0.1) is 59.5 Å². The third-order valence-electron chi connectivity index (χ3n) is 19.5. The lowest BCUT2D eigenvalue weighted by molar-refractivity contribution is -0.401. The van der Waals surface area contributed by atoms with Gasteiger partial charge in [0, 0.05) is 13.8 Å². The van der Waals surface area contributed by atoms with Gasteiger partial charge in [-0.15, -0.1) is 0 Å². The normalized spacial score (nSPS) is 50.7. The fourth-order valence-electron chi connectivity index (χ4n) is 13.5. The van der Waals surface area contributed by atoms with Crippen LogP contribution in [0.15, 0.2) is 0 Å². The largest absolute Gasteiger partial charge is 0.394 e. The van der Waals surface area contributed by atoms with Crippen LogP contribution in [0.2, 0.25) is 0 Å². The summed E-state index contributed by atoms with van der Waals surface area (Å²) in [6.07, 6.45) is -91.7. The summed E-state index contributed by atoms with van der Waals surface area (Å²) in [7, 11) is 0. The van der Waals surface area contributed by atoms with Gasteiger partial charge in [-0.25, -0.2) is 0 Å². The van der Waals surface area contributed by atoms with E-state index in [2.05, 4.69) is 10.6 Å². The van der Waals surface area contributed by atoms with Crippen molar-refractivity contribution in [3.8, 4) is 0 Å². The molecule has 0 spiro atoms. The lowest BCUT2D eigenvalue weighted by atomic mass is 9.94. The minimum Gasteiger partial charge on any atom is -0.394 e. The number of carbonyl (C=O) groups is 2. The molecule has 9 fully saturated rings. The van der Waals surface area contributed by atoms with Gasteiger partial charge in [0.1, 0.15) is 220 Å². The molecule has 9 rings (SSSR count). The van der Waals surface area contributed by atoms with E-state index in [0.717, 1.165) is 13.8 Å². The van der Waals surface area contributed by atoms with E-state index in [9.17, 15) is 147 Å². The Hall–Kier alpha value is -2.82. The Bertz CT molecular complexity index is 2710. The molecule has 616 valence electrons. The summed E-state index contributed by atoms with van der Waals surface area (Å²) in [5.41, 5.74) is 0. The molecule has 45 atom stereocenters. The molecule has 48 heteroatoms. The smallest absolute Gasteiger partial charge is 0.217 e. The quantitative estimate of drug-likeness (QED) is 0.0346. The topological polar surface area (TPSA) is 761 Å². The Balaban J connectivity index is 1.10. The van der Waals surface area contributed by atoms with E-state index in [1.54, 1.807) is 0 Å². The Labute approximate surface area is 598 Å². The predicted molar refractivity (Wildman–Crippen MR) is 320 cm³/mol. The summed E-state index contributed by atoms with van der Waals surface area (Å²) < 4.78 is 100. The highest BCUT2D eigenvalue weighted by Crippen LogP contribution is 2.40. The molecule has 0 aromatic carbocycles. The number of nitrogens with one attached hydrogen (secondary N) is 2. The molecule has 1 unspecified atom stereocenters. The highest BCUT2D eigenvalue weighted by molar-refractivity contribution is 5.73. The van der Waals surface area contributed by atoms with Gasteiger partial charge in [-0.1, -0.05) is 0 Å². The van der Waals surface area contributed by atoms with E-state index >= 15 is 0 Å². The number of rotatable bonds is 28. The summed E-state index contributed by atoms with van der Waals surface area (Å²) in [6, 6.07) is -3.59. The standard InChI is InChI=1S/C58H98N2O46/c1-12(68)59-23-31(77)44(19(8-66)92-50(23)89)101-51-24(60-13(2)69)32(78)45(20(9-67)97-51)102-56-42(88)46(103-58-48(36(82)28(74)18(7-65)96-58)105-54-40(86)35(81)27(73)17(6-64)95-54)29(75)21(98-56)11-91-57-49(106-55-41(87)37(83)43(100-55)14(70)3-61)47(104-53-39(85)34(80)26(72)16(5-63)94-53)30(76)22(99-57)10-90-52-38(84)33(79)25(71)15(4-62)93-52/h14-58,61-67,70-89H,3-11H2,1-2H3,(H,59,68)(H,60,69)/t14-,15-,16-,17-,18-,19-,20-,21-,22-,23-,24-,25-,26-,27-,28-,29-,30-,31-,32-,33+,34+,35+,36+,37-,38+,39+,40-,41-,42+,43+,44-,45-,46+,47+,48+,49+,50?,51+,52+,53-,54-,55+,56+,57+,58-/m1/s1. The first-order chi connectivity index (χ1) is 50.2. The summed E-state index contributed by atoms with van der Waals surface area (Å²) in [5, 5.41) is 301. The van der Waals surface area contributed by atoms with Crippen LogP contribution in [-0.2, 0) is 90.1 Å².